The Bertz CT molecular complexity index is 451. The fourth-order valence-corrected chi connectivity index (χ4v) is 1.86. The van der Waals surface area contributed by atoms with E-state index in [0.717, 1.165) is 17.5 Å². The van der Waals surface area contributed by atoms with Crippen LogP contribution in [0.1, 0.15) is 36.1 Å². The number of nitrogens with zero attached hydrogens (tertiary/aromatic N) is 2. The Morgan fingerprint density at radius 2 is 1.82 bits per heavy atom. The summed E-state index contributed by atoms with van der Waals surface area (Å²) in [4.78, 5) is 0. The first kappa shape index (κ1) is 11.7. The van der Waals surface area contributed by atoms with Crippen molar-refractivity contribution in [3.8, 4) is 0 Å². The third-order valence-electron chi connectivity index (χ3n) is 2.84. The highest BCUT2D eigenvalue weighted by Crippen LogP contribution is 2.19. The van der Waals surface area contributed by atoms with Crippen molar-refractivity contribution in [2.45, 2.75) is 25.8 Å². The number of hydrogen-bond acceptors (Lipinski definition) is 3. The second kappa shape index (κ2) is 5.55. The summed E-state index contributed by atoms with van der Waals surface area (Å²) in [5.74, 6) is 0. The summed E-state index contributed by atoms with van der Waals surface area (Å²) in [5.41, 5.74) is 9.63. The van der Waals surface area contributed by atoms with Gasteiger partial charge < -0.3 is 5.73 Å². The number of nitrogens with two attached hydrogens (primary N) is 1. The maximum absolute atomic E-state index is 6.17. The lowest BCUT2D eigenvalue weighted by Crippen LogP contribution is -2.12. The summed E-state index contributed by atoms with van der Waals surface area (Å²) in [6, 6.07) is 10.3. The molecule has 0 aliphatic carbocycles. The molecule has 3 heteroatoms. The van der Waals surface area contributed by atoms with Gasteiger partial charge in [-0.25, -0.2) is 0 Å². The van der Waals surface area contributed by atoms with Crippen LogP contribution in [-0.4, -0.2) is 10.2 Å². The van der Waals surface area contributed by atoms with E-state index < -0.39 is 0 Å². The average molecular weight is 227 g/mol. The zero-order chi connectivity index (χ0) is 12.1. The molecule has 2 rings (SSSR count). The molecule has 0 saturated heterocycles. The quantitative estimate of drug-likeness (QED) is 0.873. The highest BCUT2D eigenvalue weighted by molar-refractivity contribution is 5.31. The van der Waals surface area contributed by atoms with E-state index in [4.69, 9.17) is 5.73 Å². The number of aryl methyl sites for hydroxylation is 1. The van der Waals surface area contributed by atoms with Gasteiger partial charge in [0.05, 0.1) is 12.2 Å². The first-order chi connectivity index (χ1) is 8.31. The Morgan fingerprint density at radius 1 is 1.06 bits per heavy atom. The largest absolute Gasteiger partial charge is 0.320 e. The Kier molecular flexibility index (Phi) is 3.83. The molecule has 1 unspecified atom stereocenters. The minimum absolute atomic E-state index is 0.124. The zero-order valence-electron chi connectivity index (χ0n) is 10.0. The summed E-state index contributed by atoms with van der Waals surface area (Å²) >= 11 is 0. The maximum atomic E-state index is 6.17. The van der Waals surface area contributed by atoms with Gasteiger partial charge in [-0.1, -0.05) is 37.6 Å². The van der Waals surface area contributed by atoms with Crippen LogP contribution in [0.4, 0.5) is 0 Å². The van der Waals surface area contributed by atoms with Gasteiger partial charge in [-0.15, -0.1) is 0 Å². The minimum atomic E-state index is -0.124. The Morgan fingerprint density at radius 3 is 2.41 bits per heavy atom. The van der Waals surface area contributed by atoms with Crippen LogP contribution >= 0.6 is 0 Å². The van der Waals surface area contributed by atoms with E-state index in [9.17, 15) is 0 Å². The Labute approximate surface area is 102 Å². The summed E-state index contributed by atoms with van der Waals surface area (Å²) in [6.07, 6.45) is 5.66. The molecule has 0 radical (unpaired) electrons. The number of aromatic nitrogens is 2. The second-order valence-corrected chi connectivity index (χ2v) is 4.15. The molecular formula is C14H17N3. The molecule has 0 fully saturated rings. The molecule has 1 heterocycles. The van der Waals surface area contributed by atoms with Crippen LogP contribution < -0.4 is 5.73 Å². The molecule has 2 aromatic rings. The summed E-state index contributed by atoms with van der Waals surface area (Å²) in [5, 5.41) is 7.60. The normalized spacial score (nSPS) is 12.4. The molecule has 0 spiro atoms. The minimum Gasteiger partial charge on any atom is -0.320 e. The molecule has 3 nitrogen and oxygen atoms in total. The Balaban J connectivity index is 2.17. The SMILES string of the molecule is CCCc1ccc(C(N)c2ccnnc2)cc1. The van der Waals surface area contributed by atoms with Crippen molar-refractivity contribution >= 4 is 0 Å². The molecule has 1 atom stereocenters. The van der Waals surface area contributed by atoms with Crippen molar-refractivity contribution in [2.24, 2.45) is 5.73 Å². The maximum Gasteiger partial charge on any atom is 0.0568 e. The Hall–Kier alpha value is -1.74. The van der Waals surface area contributed by atoms with Crippen LogP contribution in [0, 0.1) is 0 Å². The van der Waals surface area contributed by atoms with Crippen molar-refractivity contribution in [2.75, 3.05) is 0 Å². The van der Waals surface area contributed by atoms with Crippen LogP contribution in [0.15, 0.2) is 42.7 Å². The third kappa shape index (κ3) is 2.88. The lowest BCUT2D eigenvalue weighted by Gasteiger charge is -2.12. The van der Waals surface area contributed by atoms with Crippen molar-refractivity contribution in [3.05, 3.63) is 59.4 Å². The first-order valence-electron chi connectivity index (χ1n) is 5.92. The van der Waals surface area contributed by atoms with E-state index in [1.807, 2.05) is 6.07 Å². The van der Waals surface area contributed by atoms with Crippen molar-refractivity contribution in [3.63, 3.8) is 0 Å². The molecule has 0 aliphatic heterocycles. The zero-order valence-corrected chi connectivity index (χ0v) is 10.0. The average Bonchev–Trinajstić information content (AvgIpc) is 2.40. The standard InChI is InChI=1S/C14H17N3/c1-2-3-11-4-6-12(7-5-11)14(15)13-8-9-16-17-10-13/h4-10,14H,2-3,15H2,1H3. The lowest BCUT2D eigenvalue weighted by atomic mass is 9.99. The monoisotopic (exact) mass is 227 g/mol. The van der Waals surface area contributed by atoms with Crippen LogP contribution in [0.25, 0.3) is 0 Å². The number of hydrogen-bond donors (Lipinski definition) is 1. The van der Waals surface area contributed by atoms with Gasteiger partial charge >= 0.3 is 0 Å². The van der Waals surface area contributed by atoms with Crippen LogP contribution in [0.2, 0.25) is 0 Å². The van der Waals surface area contributed by atoms with Crippen LogP contribution in [0.5, 0.6) is 0 Å². The molecule has 0 aliphatic rings. The van der Waals surface area contributed by atoms with Crippen LogP contribution in [0.3, 0.4) is 0 Å². The highest BCUT2D eigenvalue weighted by atomic mass is 15.1. The number of benzene rings is 1. The highest BCUT2D eigenvalue weighted by Gasteiger charge is 2.08. The molecule has 88 valence electrons. The predicted molar refractivity (Wildman–Crippen MR) is 68.5 cm³/mol. The van der Waals surface area contributed by atoms with Crippen molar-refractivity contribution in [1.29, 1.82) is 0 Å². The molecule has 0 saturated carbocycles. The third-order valence-corrected chi connectivity index (χ3v) is 2.84. The number of rotatable bonds is 4. The molecule has 1 aromatic carbocycles. The molecule has 1 aromatic heterocycles. The van der Waals surface area contributed by atoms with E-state index in [1.54, 1.807) is 12.4 Å². The van der Waals surface area contributed by atoms with E-state index in [1.165, 1.54) is 12.0 Å². The molecule has 0 amide bonds. The van der Waals surface area contributed by atoms with E-state index in [2.05, 4.69) is 41.4 Å². The summed E-state index contributed by atoms with van der Waals surface area (Å²) in [6.45, 7) is 2.18. The van der Waals surface area contributed by atoms with Gasteiger partial charge in [0.15, 0.2) is 0 Å². The van der Waals surface area contributed by atoms with Gasteiger partial charge in [0.2, 0.25) is 0 Å². The lowest BCUT2D eigenvalue weighted by molar-refractivity contribution is 0.842. The first-order valence-corrected chi connectivity index (χ1v) is 5.92. The molecule has 0 bridgehead atoms. The van der Waals surface area contributed by atoms with Gasteiger partial charge in [0.25, 0.3) is 0 Å². The van der Waals surface area contributed by atoms with Gasteiger partial charge in [-0.2, -0.15) is 10.2 Å². The van der Waals surface area contributed by atoms with Gasteiger partial charge in [0, 0.05) is 6.20 Å². The van der Waals surface area contributed by atoms with E-state index in [0.29, 0.717) is 0 Å². The smallest absolute Gasteiger partial charge is 0.0568 e. The molecular weight excluding hydrogens is 210 g/mol. The molecule has 17 heavy (non-hydrogen) atoms. The van der Waals surface area contributed by atoms with Gasteiger partial charge in [0.1, 0.15) is 0 Å². The van der Waals surface area contributed by atoms with Crippen LogP contribution in [-0.2, 0) is 6.42 Å². The summed E-state index contributed by atoms with van der Waals surface area (Å²) in [7, 11) is 0. The van der Waals surface area contributed by atoms with Crippen molar-refractivity contribution in [1.82, 2.24) is 10.2 Å². The van der Waals surface area contributed by atoms with Gasteiger partial charge in [-0.3, -0.25) is 0 Å². The van der Waals surface area contributed by atoms with Gasteiger partial charge in [-0.05, 0) is 29.2 Å². The van der Waals surface area contributed by atoms with E-state index >= 15 is 0 Å². The second-order valence-electron chi connectivity index (χ2n) is 4.15. The summed E-state index contributed by atoms with van der Waals surface area (Å²) < 4.78 is 0. The topological polar surface area (TPSA) is 51.8 Å². The van der Waals surface area contributed by atoms with Crippen molar-refractivity contribution < 1.29 is 0 Å². The van der Waals surface area contributed by atoms with E-state index in [-0.39, 0.29) is 6.04 Å². The molecule has 2 N–H and O–H groups in total. The predicted octanol–water partition coefficient (Wildman–Crippen LogP) is 2.48. The fourth-order valence-electron chi connectivity index (χ4n) is 1.86. The fraction of sp³-hybridized carbons (Fsp3) is 0.286.